The van der Waals surface area contributed by atoms with Gasteiger partial charge in [0.05, 0.1) is 12.1 Å². The molecule has 2 aromatic carbocycles. The van der Waals surface area contributed by atoms with E-state index in [1.807, 2.05) is 12.1 Å². The Bertz CT molecular complexity index is 1640. The van der Waals surface area contributed by atoms with E-state index < -0.39 is 60.6 Å². The summed E-state index contributed by atoms with van der Waals surface area (Å²) in [4.78, 5) is 62.6. The first-order chi connectivity index (χ1) is 22.7. The Labute approximate surface area is 277 Å². The van der Waals surface area contributed by atoms with E-state index in [0.29, 0.717) is 23.6 Å². The van der Waals surface area contributed by atoms with Crippen molar-refractivity contribution in [2.75, 3.05) is 44.5 Å². The predicted molar refractivity (Wildman–Crippen MR) is 167 cm³/mol. The summed E-state index contributed by atoms with van der Waals surface area (Å²) in [7, 11) is 2.77. The molecule has 3 aromatic rings. The number of carbonyl (C=O) groups excluding carboxylic acids is 4. The molecule has 0 bridgehead atoms. The number of nitrogens with one attached hydrogen (secondary N) is 4. The van der Waals surface area contributed by atoms with E-state index in [1.165, 1.54) is 38.4 Å². The lowest BCUT2D eigenvalue weighted by Crippen LogP contribution is -2.51. The minimum atomic E-state index is -4.63. The molecule has 14 nitrogen and oxygen atoms in total. The molecule has 1 fully saturated rings. The second-order valence-electron chi connectivity index (χ2n) is 10.8. The quantitative estimate of drug-likeness (QED) is 0.153. The average molecular weight is 693 g/mol. The summed E-state index contributed by atoms with van der Waals surface area (Å²) in [6.45, 7) is -0.451. The number of hydrogen-bond donors (Lipinski definition) is 4. The van der Waals surface area contributed by atoms with Crippen LogP contribution < -0.4 is 26.0 Å². The first-order valence-corrected chi connectivity index (χ1v) is 14.9. The highest BCUT2D eigenvalue weighted by molar-refractivity contribution is 6.34. The van der Waals surface area contributed by atoms with Crippen molar-refractivity contribution in [3.8, 4) is 6.01 Å². The fourth-order valence-corrected chi connectivity index (χ4v) is 4.38. The van der Waals surface area contributed by atoms with Gasteiger partial charge in [0.25, 0.3) is 5.91 Å². The Kier molecular flexibility index (Phi) is 11.3. The molecule has 1 heterocycles. The van der Waals surface area contributed by atoms with E-state index in [-0.39, 0.29) is 24.1 Å². The number of halogens is 4. The zero-order chi connectivity index (χ0) is 35.1. The van der Waals surface area contributed by atoms with Crippen LogP contribution in [0.15, 0.2) is 48.5 Å². The Morgan fingerprint density at radius 3 is 2.21 bits per heavy atom. The normalized spacial score (nSPS) is 13.8. The van der Waals surface area contributed by atoms with Crippen LogP contribution in [0.4, 0.5) is 30.8 Å². The SMILES string of the molecule is CCOC(=O)[C@H](CNC(=O)C(=O)N(C)C)NC(=O)c1ccc(Nc2nc(NC3(c4ccc(Cl)cc4)CC3)nc(OCC(F)(F)F)n2)cc1. The molecule has 256 valence electrons. The summed E-state index contributed by atoms with van der Waals surface area (Å²) >= 11 is 6.01. The van der Waals surface area contributed by atoms with Gasteiger partial charge in [-0.2, -0.15) is 28.1 Å². The number of ether oxygens (including phenoxy) is 2. The number of carbonyl (C=O) groups is 4. The Hall–Kier alpha value is -5.19. The smallest absolute Gasteiger partial charge is 0.422 e. The molecule has 0 unspecified atom stereocenters. The number of likely N-dealkylation sites (N-methyl/N-ethyl adjacent to an activating group) is 1. The summed E-state index contributed by atoms with van der Waals surface area (Å²) in [6.07, 6.45) is -3.21. The molecule has 3 amide bonds. The second kappa shape index (κ2) is 15.1. The molecule has 0 radical (unpaired) electrons. The number of nitrogens with zero attached hydrogens (tertiary/aromatic N) is 4. The maximum atomic E-state index is 13.0. The molecule has 1 aliphatic carbocycles. The van der Waals surface area contributed by atoms with Crippen molar-refractivity contribution >= 4 is 52.9 Å². The van der Waals surface area contributed by atoms with E-state index in [2.05, 4.69) is 36.2 Å². The van der Waals surface area contributed by atoms with Crippen molar-refractivity contribution in [2.45, 2.75) is 37.5 Å². The van der Waals surface area contributed by atoms with Crippen molar-refractivity contribution in [1.82, 2.24) is 30.5 Å². The summed E-state index contributed by atoms with van der Waals surface area (Å²) in [5, 5.41) is 11.3. The lowest BCUT2D eigenvalue weighted by molar-refractivity contribution is -0.154. The number of hydrogen-bond acceptors (Lipinski definition) is 11. The van der Waals surface area contributed by atoms with Gasteiger partial charge in [-0.25, -0.2) is 4.79 Å². The topological polar surface area (TPSA) is 177 Å². The first kappa shape index (κ1) is 35.7. The van der Waals surface area contributed by atoms with Gasteiger partial charge in [-0.05, 0) is 61.7 Å². The van der Waals surface area contributed by atoms with Crippen molar-refractivity contribution in [2.24, 2.45) is 0 Å². The van der Waals surface area contributed by atoms with Crippen LogP contribution in [0.25, 0.3) is 0 Å². The molecular weight excluding hydrogens is 661 g/mol. The molecule has 1 aromatic heterocycles. The van der Waals surface area contributed by atoms with Crippen LogP contribution in [0.5, 0.6) is 6.01 Å². The monoisotopic (exact) mass is 692 g/mol. The Morgan fingerprint density at radius 2 is 1.62 bits per heavy atom. The highest BCUT2D eigenvalue weighted by Crippen LogP contribution is 2.48. The zero-order valence-corrected chi connectivity index (χ0v) is 26.7. The largest absolute Gasteiger partial charge is 0.464 e. The molecule has 0 saturated heterocycles. The Morgan fingerprint density at radius 1 is 0.979 bits per heavy atom. The standard InChI is InChI=1S/C30H32ClF3N8O6/c1-4-47-25(46)21(15-35-23(44)24(45)42(2)3)37-22(43)17-5-11-20(12-6-17)36-26-38-27(40-28(39-26)48-16-30(32,33)34)41-29(13-14-29)18-7-9-19(31)10-8-18/h5-12,21H,4,13-16H2,1-3H3,(H,35,44)(H,37,43)(H2,36,38,39,40,41)/t21-/m0/s1. The van der Waals surface area contributed by atoms with Gasteiger partial charge in [0.15, 0.2) is 6.61 Å². The third kappa shape index (κ3) is 9.90. The minimum Gasteiger partial charge on any atom is -0.464 e. The molecule has 1 saturated carbocycles. The van der Waals surface area contributed by atoms with Gasteiger partial charge in [0, 0.05) is 36.9 Å². The van der Waals surface area contributed by atoms with Crippen LogP contribution in [-0.2, 0) is 24.7 Å². The van der Waals surface area contributed by atoms with E-state index in [0.717, 1.165) is 10.5 Å². The van der Waals surface area contributed by atoms with Gasteiger partial charge in [-0.1, -0.05) is 23.7 Å². The number of benzene rings is 2. The predicted octanol–water partition coefficient (Wildman–Crippen LogP) is 3.18. The van der Waals surface area contributed by atoms with E-state index in [4.69, 9.17) is 21.1 Å². The highest BCUT2D eigenvalue weighted by atomic mass is 35.5. The molecular formula is C30H32ClF3N8O6. The van der Waals surface area contributed by atoms with Crippen LogP contribution in [0, 0.1) is 0 Å². The molecule has 0 spiro atoms. The van der Waals surface area contributed by atoms with Crippen LogP contribution in [0.2, 0.25) is 5.02 Å². The molecule has 4 N–H and O–H groups in total. The van der Waals surface area contributed by atoms with Gasteiger partial charge < -0.3 is 35.6 Å². The molecule has 48 heavy (non-hydrogen) atoms. The number of alkyl halides is 3. The molecule has 4 rings (SSSR count). The Balaban J connectivity index is 1.48. The maximum Gasteiger partial charge on any atom is 0.422 e. The van der Waals surface area contributed by atoms with Crippen LogP contribution in [0.1, 0.15) is 35.7 Å². The summed E-state index contributed by atoms with van der Waals surface area (Å²) in [5.41, 5.74) is 0.797. The number of aromatic nitrogens is 3. The lowest BCUT2D eigenvalue weighted by atomic mass is 10.1. The maximum absolute atomic E-state index is 13.0. The van der Waals surface area contributed by atoms with Crippen molar-refractivity contribution in [1.29, 1.82) is 0 Å². The summed E-state index contributed by atoms with van der Waals surface area (Å²) < 4.78 is 48.5. The van der Waals surface area contributed by atoms with Gasteiger partial charge in [-0.3, -0.25) is 14.4 Å². The third-order valence-electron chi connectivity index (χ3n) is 6.82. The molecule has 0 aliphatic heterocycles. The van der Waals surface area contributed by atoms with Crippen LogP contribution >= 0.6 is 11.6 Å². The number of amides is 3. The van der Waals surface area contributed by atoms with Crippen molar-refractivity contribution in [3.63, 3.8) is 0 Å². The third-order valence-corrected chi connectivity index (χ3v) is 7.08. The van der Waals surface area contributed by atoms with Gasteiger partial charge in [-0.15, -0.1) is 0 Å². The fourth-order valence-electron chi connectivity index (χ4n) is 4.26. The number of anilines is 3. The second-order valence-corrected chi connectivity index (χ2v) is 11.2. The van der Waals surface area contributed by atoms with E-state index in [9.17, 15) is 32.3 Å². The van der Waals surface area contributed by atoms with Gasteiger partial charge in [0.2, 0.25) is 11.9 Å². The minimum absolute atomic E-state index is 0.00945. The highest BCUT2D eigenvalue weighted by Gasteiger charge is 2.45. The molecule has 18 heteroatoms. The number of esters is 1. The van der Waals surface area contributed by atoms with Crippen molar-refractivity contribution in [3.05, 3.63) is 64.7 Å². The van der Waals surface area contributed by atoms with Gasteiger partial charge in [0.1, 0.15) is 6.04 Å². The summed E-state index contributed by atoms with van der Waals surface area (Å²) in [5.74, 6) is -3.51. The zero-order valence-electron chi connectivity index (χ0n) is 26.0. The lowest BCUT2D eigenvalue weighted by Gasteiger charge is -2.19. The molecule has 1 atom stereocenters. The van der Waals surface area contributed by atoms with Crippen molar-refractivity contribution < 1.29 is 41.8 Å². The van der Waals surface area contributed by atoms with E-state index >= 15 is 0 Å². The summed E-state index contributed by atoms with van der Waals surface area (Å²) in [6, 6.07) is 11.0. The first-order valence-electron chi connectivity index (χ1n) is 14.5. The van der Waals surface area contributed by atoms with Gasteiger partial charge >= 0.3 is 30.0 Å². The van der Waals surface area contributed by atoms with Crippen LogP contribution in [-0.4, -0.2) is 89.6 Å². The average Bonchev–Trinajstić information content (AvgIpc) is 3.81. The molecule has 1 aliphatic rings. The number of rotatable bonds is 13. The van der Waals surface area contributed by atoms with Crippen LogP contribution in [0.3, 0.4) is 0 Å². The van der Waals surface area contributed by atoms with E-state index in [1.54, 1.807) is 19.1 Å². The fraction of sp³-hybridized carbons (Fsp3) is 0.367.